The Bertz CT molecular complexity index is 769. The lowest BCUT2D eigenvalue weighted by Crippen LogP contribution is -2.24. The van der Waals surface area contributed by atoms with Gasteiger partial charge in [0, 0.05) is 23.8 Å². The lowest BCUT2D eigenvalue weighted by molar-refractivity contribution is 0.0519. The Morgan fingerprint density at radius 3 is 3.04 bits per heavy atom. The summed E-state index contributed by atoms with van der Waals surface area (Å²) in [6.45, 7) is 3.94. The molecule has 0 spiro atoms. The van der Waals surface area contributed by atoms with E-state index in [4.69, 9.17) is 20.8 Å². The highest BCUT2D eigenvalue weighted by Gasteiger charge is 2.36. The van der Waals surface area contributed by atoms with Crippen LogP contribution in [0.4, 0.5) is 5.69 Å². The van der Waals surface area contributed by atoms with Crippen molar-refractivity contribution in [2.24, 2.45) is 5.92 Å². The van der Waals surface area contributed by atoms with Crippen molar-refractivity contribution in [2.45, 2.75) is 25.7 Å². The molecule has 6 heteroatoms. The van der Waals surface area contributed by atoms with Crippen LogP contribution in [0.1, 0.15) is 47.6 Å². The zero-order valence-electron chi connectivity index (χ0n) is 13.5. The zero-order valence-corrected chi connectivity index (χ0v) is 14.3. The number of carbonyl (C=O) groups excluding carboxylic acids is 1. The Kier molecular flexibility index (Phi) is 3.96. The molecule has 0 bridgehead atoms. The number of esters is 1. The van der Waals surface area contributed by atoms with Crippen LogP contribution < -0.4 is 4.90 Å². The van der Waals surface area contributed by atoms with Crippen LogP contribution in [0.5, 0.6) is 0 Å². The highest BCUT2D eigenvalue weighted by molar-refractivity contribution is 6.30. The third-order valence-corrected chi connectivity index (χ3v) is 4.82. The lowest BCUT2D eigenvalue weighted by Gasteiger charge is -2.19. The van der Waals surface area contributed by atoms with Crippen molar-refractivity contribution in [3.05, 3.63) is 46.6 Å². The lowest BCUT2D eigenvalue weighted by atomic mass is 10.0. The molecule has 24 heavy (non-hydrogen) atoms. The number of hydrogen-bond acceptors (Lipinski definition) is 5. The summed E-state index contributed by atoms with van der Waals surface area (Å²) < 4.78 is 10.6. The number of nitrogens with zero attached hydrogens (tertiary/aromatic N) is 2. The number of fused-ring (bicyclic) bond motifs is 1. The predicted octanol–water partition coefficient (Wildman–Crippen LogP) is 3.87. The van der Waals surface area contributed by atoms with Gasteiger partial charge in [0.05, 0.1) is 12.5 Å². The van der Waals surface area contributed by atoms with Crippen LogP contribution in [0.15, 0.2) is 28.9 Å². The van der Waals surface area contributed by atoms with Gasteiger partial charge in [-0.2, -0.15) is 0 Å². The number of aromatic nitrogens is 1. The first-order valence-electron chi connectivity index (χ1n) is 8.32. The molecule has 0 radical (unpaired) electrons. The van der Waals surface area contributed by atoms with Crippen molar-refractivity contribution >= 4 is 23.3 Å². The van der Waals surface area contributed by atoms with Crippen LogP contribution in [-0.2, 0) is 4.74 Å². The van der Waals surface area contributed by atoms with E-state index in [1.54, 1.807) is 6.92 Å². The van der Waals surface area contributed by atoms with Crippen molar-refractivity contribution in [3.8, 4) is 0 Å². The maximum atomic E-state index is 11.8. The summed E-state index contributed by atoms with van der Waals surface area (Å²) in [7, 11) is 0. The van der Waals surface area contributed by atoms with Gasteiger partial charge >= 0.3 is 5.97 Å². The summed E-state index contributed by atoms with van der Waals surface area (Å²) in [6, 6.07) is 5.96. The van der Waals surface area contributed by atoms with Gasteiger partial charge in [-0.15, -0.1) is 0 Å². The first-order valence-corrected chi connectivity index (χ1v) is 8.70. The molecule has 2 heterocycles. The number of oxazole rings is 1. The molecule has 2 aliphatic rings. The van der Waals surface area contributed by atoms with Crippen LogP contribution in [0.3, 0.4) is 0 Å². The maximum absolute atomic E-state index is 11.8. The second-order valence-electron chi connectivity index (χ2n) is 6.40. The minimum Gasteiger partial charge on any atom is -0.461 e. The fourth-order valence-corrected chi connectivity index (χ4v) is 3.43. The van der Waals surface area contributed by atoms with Gasteiger partial charge in [0.25, 0.3) is 0 Å². The number of halogens is 1. The molecule has 0 amide bonds. The largest absolute Gasteiger partial charge is 0.461 e. The van der Waals surface area contributed by atoms with E-state index >= 15 is 0 Å². The van der Waals surface area contributed by atoms with E-state index in [1.807, 2.05) is 12.1 Å². The third-order valence-electron chi connectivity index (χ3n) is 4.59. The van der Waals surface area contributed by atoms with E-state index in [0.29, 0.717) is 17.5 Å². The van der Waals surface area contributed by atoms with Crippen LogP contribution in [-0.4, -0.2) is 30.6 Å². The molecule has 5 nitrogen and oxygen atoms in total. The first kappa shape index (κ1) is 15.5. The van der Waals surface area contributed by atoms with Gasteiger partial charge in [-0.3, -0.25) is 0 Å². The van der Waals surface area contributed by atoms with E-state index in [0.717, 1.165) is 24.6 Å². The molecule has 1 saturated carbocycles. The molecule has 1 aromatic heterocycles. The van der Waals surface area contributed by atoms with Gasteiger partial charge in [0.1, 0.15) is 6.26 Å². The van der Waals surface area contributed by atoms with Gasteiger partial charge in [-0.25, -0.2) is 9.78 Å². The summed E-state index contributed by atoms with van der Waals surface area (Å²) in [5.74, 6) is 0.860. The van der Waals surface area contributed by atoms with Crippen LogP contribution in [0.2, 0.25) is 5.02 Å². The van der Waals surface area contributed by atoms with E-state index in [9.17, 15) is 4.79 Å². The molecular formula is C18H19ClN2O3. The Balaban J connectivity index is 1.63. The maximum Gasteiger partial charge on any atom is 0.360 e. The van der Waals surface area contributed by atoms with Gasteiger partial charge < -0.3 is 14.1 Å². The van der Waals surface area contributed by atoms with Crippen molar-refractivity contribution in [1.29, 1.82) is 0 Å². The monoisotopic (exact) mass is 346 g/mol. The van der Waals surface area contributed by atoms with Gasteiger partial charge in [0.2, 0.25) is 5.89 Å². The van der Waals surface area contributed by atoms with Crippen molar-refractivity contribution < 1.29 is 13.9 Å². The van der Waals surface area contributed by atoms with E-state index < -0.39 is 5.97 Å². The SMILES string of the molecule is CCOC(=O)c1coc(C2CN(CC3CC3)c3ccc(Cl)cc32)n1. The summed E-state index contributed by atoms with van der Waals surface area (Å²) in [4.78, 5) is 18.5. The Labute approximate surface area is 145 Å². The van der Waals surface area contributed by atoms with E-state index in [1.165, 1.54) is 24.8 Å². The molecule has 1 aliphatic heterocycles. The number of hydrogen-bond donors (Lipinski definition) is 0. The number of carbonyl (C=O) groups is 1. The Morgan fingerprint density at radius 2 is 2.29 bits per heavy atom. The number of ether oxygens (including phenoxy) is 1. The minimum absolute atomic E-state index is 0.0133. The van der Waals surface area contributed by atoms with Gasteiger partial charge in [-0.05, 0) is 49.4 Å². The molecule has 1 unspecified atom stereocenters. The standard InChI is InChI=1S/C18H19ClN2O3/c1-2-23-18(22)15-10-24-17(20-15)14-9-21(8-11-3-4-11)16-6-5-12(19)7-13(14)16/h5-7,10-11,14H,2-4,8-9H2,1H3. The van der Waals surface area contributed by atoms with Crippen molar-refractivity contribution in [3.63, 3.8) is 0 Å². The predicted molar refractivity (Wildman–Crippen MR) is 90.7 cm³/mol. The average molecular weight is 347 g/mol. The molecule has 0 saturated heterocycles. The Hall–Kier alpha value is -2.01. The Morgan fingerprint density at radius 1 is 1.46 bits per heavy atom. The van der Waals surface area contributed by atoms with E-state index in [2.05, 4.69) is 16.0 Å². The fourth-order valence-electron chi connectivity index (χ4n) is 3.25. The van der Waals surface area contributed by atoms with Crippen molar-refractivity contribution in [2.75, 3.05) is 24.6 Å². The zero-order chi connectivity index (χ0) is 16.7. The smallest absolute Gasteiger partial charge is 0.360 e. The second-order valence-corrected chi connectivity index (χ2v) is 6.83. The molecule has 1 atom stereocenters. The van der Waals surface area contributed by atoms with E-state index in [-0.39, 0.29) is 11.6 Å². The molecule has 0 N–H and O–H groups in total. The highest BCUT2D eigenvalue weighted by atomic mass is 35.5. The van der Waals surface area contributed by atoms with Crippen LogP contribution in [0, 0.1) is 5.92 Å². The summed E-state index contributed by atoms with van der Waals surface area (Å²) >= 11 is 6.20. The first-order chi connectivity index (χ1) is 11.7. The molecule has 2 aromatic rings. The quantitative estimate of drug-likeness (QED) is 0.769. The van der Waals surface area contributed by atoms with Crippen LogP contribution in [0.25, 0.3) is 0 Å². The normalized spacial score (nSPS) is 19.4. The van der Waals surface area contributed by atoms with Crippen molar-refractivity contribution in [1.82, 2.24) is 4.98 Å². The molecule has 4 rings (SSSR count). The third kappa shape index (κ3) is 2.88. The topological polar surface area (TPSA) is 55.6 Å². The molecule has 1 aliphatic carbocycles. The van der Waals surface area contributed by atoms with Crippen LogP contribution >= 0.6 is 11.6 Å². The molecular weight excluding hydrogens is 328 g/mol. The summed E-state index contributed by atoms with van der Waals surface area (Å²) in [6.07, 6.45) is 3.98. The number of anilines is 1. The average Bonchev–Trinajstić information content (AvgIpc) is 3.12. The fraction of sp³-hybridized carbons (Fsp3) is 0.444. The number of rotatable bonds is 5. The van der Waals surface area contributed by atoms with Gasteiger partial charge in [-0.1, -0.05) is 11.6 Å². The molecule has 1 fully saturated rings. The summed E-state index contributed by atoms with van der Waals surface area (Å²) in [5, 5.41) is 0.698. The van der Waals surface area contributed by atoms with Gasteiger partial charge in [0.15, 0.2) is 5.69 Å². The molecule has 1 aromatic carbocycles. The number of benzene rings is 1. The highest BCUT2D eigenvalue weighted by Crippen LogP contribution is 2.43. The molecule has 126 valence electrons. The summed E-state index contributed by atoms with van der Waals surface area (Å²) in [5.41, 5.74) is 2.52. The minimum atomic E-state index is -0.452. The second kappa shape index (κ2) is 6.13.